The number of hydrogen-bond acceptors (Lipinski definition) is 4. The van der Waals surface area contributed by atoms with Crippen molar-refractivity contribution in [3.05, 3.63) is 0 Å². The van der Waals surface area contributed by atoms with E-state index in [4.69, 9.17) is 5.73 Å². The quantitative estimate of drug-likeness (QED) is 0.725. The van der Waals surface area contributed by atoms with E-state index >= 15 is 0 Å². The molecule has 0 saturated heterocycles. The van der Waals surface area contributed by atoms with Crippen LogP contribution in [0.2, 0.25) is 0 Å². The van der Waals surface area contributed by atoms with Gasteiger partial charge in [-0.3, -0.25) is 4.79 Å². The molecule has 0 heterocycles. The van der Waals surface area contributed by atoms with Crippen molar-refractivity contribution in [2.45, 2.75) is 25.7 Å². The first-order valence-corrected chi connectivity index (χ1v) is 8.14. The maximum Gasteiger partial charge on any atom is 0.223 e. The van der Waals surface area contributed by atoms with Gasteiger partial charge in [-0.2, -0.15) is 0 Å². The Kier molecular flexibility index (Phi) is 5.39. The van der Waals surface area contributed by atoms with Crippen molar-refractivity contribution >= 4 is 15.7 Å². The number of amides is 1. The molecule has 1 aliphatic carbocycles. The zero-order valence-corrected chi connectivity index (χ0v) is 11.1. The fourth-order valence-corrected chi connectivity index (χ4v) is 2.64. The average molecular weight is 262 g/mol. The normalized spacial score (nSPS) is 25.5. The van der Waals surface area contributed by atoms with Crippen molar-refractivity contribution < 1.29 is 13.2 Å². The van der Waals surface area contributed by atoms with Gasteiger partial charge in [0, 0.05) is 18.7 Å². The van der Waals surface area contributed by atoms with Crippen molar-refractivity contribution in [3.8, 4) is 0 Å². The lowest BCUT2D eigenvalue weighted by atomic mass is 9.81. The van der Waals surface area contributed by atoms with Crippen molar-refractivity contribution in [3.63, 3.8) is 0 Å². The van der Waals surface area contributed by atoms with Gasteiger partial charge in [0.25, 0.3) is 0 Å². The average Bonchev–Trinajstić information content (AvgIpc) is 2.27. The van der Waals surface area contributed by atoms with E-state index in [1.165, 1.54) is 6.26 Å². The summed E-state index contributed by atoms with van der Waals surface area (Å²) in [4.78, 5) is 11.7. The highest BCUT2D eigenvalue weighted by atomic mass is 32.2. The SMILES string of the molecule is CS(=O)(=O)CCNC(=O)C1CCC(CN)CC1. The molecule has 100 valence electrons. The number of hydrogen-bond donors (Lipinski definition) is 2. The summed E-state index contributed by atoms with van der Waals surface area (Å²) in [5.74, 6) is 0.591. The molecular weight excluding hydrogens is 240 g/mol. The third-order valence-corrected chi connectivity index (χ3v) is 4.27. The fourth-order valence-electron chi connectivity index (χ4n) is 2.16. The van der Waals surface area contributed by atoms with Gasteiger partial charge in [-0.1, -0.05) is 0 Å². The highest BCUT2D eigenvalue weighted by Crippen LogP contribution is 2.27. The molecule has 0 spiro atoms. The molecule has 1 amide bonds. The molecule has 5 nitrogen and oxygen atoms in total. The highest BCUT2D eigenvalue weighted by molar-refractivity contribution is 7.90. The zero-order chi connectivity index (χ0) is 12.9. The van der Waals surface area contributed by atoms with Crippen molar-refractivity contribution in [1.29, 1.82) is 0 Å². The van der Waals surface area contributed by atoms with Crippen LogP contribution in [0, 0.1) is 11.8 Å². The Morgan fingerprint density at radius 2 is 1.88 bits per heavy atom. The second-order valence-corrected chi connectivity index (χ2v) is 7.13. The molecule has 0 atom stereocenters. The Morgan fingerprint density at radius 1 is 1.29 bits per heavy atom. The molecule has 0 bridgehead atoms. The molecule has 1 fully saturated rings. The van der Waals surface area contributed by atoms with Crippen LogP contribution in [0.4, 0.5) is 0 Å². The second kappa shape index (κ2) is 6.35. The second-order valence-electron chi connectivity index (χ2n) is 4.87. The molecule has 1 rings (SSSR count). The summed E-state index contributed by atoms with van der Waals surface area (Å²) in [6.45, 7) is 0.914. The van der Waals surface area contributed by atoms with Crippen molar-refractivity contribution in [1.82, 2.24) is 5.32 Å². The van der Waals surface area contributed by atoms with Gasteiger partial charge in [0.05, 0.1) is 5.75 Å². The summed E-state index contributed by atoms with van der Waals surface area (Å²) in [6.07, 6.45) is 4.91. The van der Waals surface area contributed by atoms with Gasteiger partial charge in [-0.05, 0) is 38.1 Å². The summed E-state index contributed by atoms with van der Waals surface area (Å²) in [5, 5.41) is 2.69. The minimum atomic E-state index is -2.99. The van der Waals surface area contributed by atoms with Crippen LogP contribution in [0.3, 0.4) is 0 Å². The molecule has 0 aromatic heterocycles. The molecule has 0 aromatic rings. The van der Waals surface area contributed by atoms with Crippen LogP contribution in [-0.4, -0.2) is 39.4 Å². The van der Waals surface area contributed by atoms with Crippen LogP contribution < -0.4 is 11.1 Å². The summed E-state index contributed by atoms with van der Waals surface area (Å²) in [5.41, 5.74) is 5.59. The molecule has 17 heavy (non-hydrogen) atoms. The molecule has 0 aliphatic heterocycles. The van der Waals surface area contributed by atoms with Gasteiger partial charge in [0.15, 0.2) is 0 Å². The first kappa shape index (κ1) is 14.4. The summed E-state index contributed by atoms with van der Waals surface area (Å²) in [6, 6.07) is 0. The topological polar surface area (TPSA) is 89.3 Å². The van der Waals surface area contributed by atoms with Crippen molar-refractivity contribution in [2.24, 2.45) is 17.6 Å². The van der Waals surface area contributed by atoms with Crippen LogP contribution in [0.15, 0.2) is 0 Å². The van der Waals surface area contributed by atoms with Gasteiger partial charge < -0.3 is 11.1 Å². The van der Waals surface area contributed by atoms with E-state index in [0.717, 1.165) is 25.7 Å². The Morgan fingerprint density at radius 3 is 2.35 bits per heavy atom. The molecule has 1 aliphatic rings. The van der Waals surface area contributed by atoms with Crippen molar-refractivity contribution in [2.75, 3.05) is 25.1 Å². The fraction of sp³-hybridized carbons (Fsp3) is 0.909. The van der Waals surface area contributed by atoms with E-state index < -0.39 is 9.84 Å². The minimum Gasteiger partial charge on any atom is -0.355 e. The Balaban J connectivity index is 2.25. The monoisotopic (exact) mass is 262 g/mol. The number of nitrogens with one attached hydrogen (secondary N) is 1. The minimum absolute atomic E-state index is 0.0101. The Hall–Kier alpha value is -0.620. The maximum atomic E-state index is 11.7. The van der Waals surface area contributed by atoms with E-state index in [9.17, 15) is 13.2 Å². The third kappa shape index (κ3) is 5.50. The smallest absolute Gasteiger partial charge is 0.223 e. The number of sulfone groups is 1. The van der Waals surface area contributed by atoms with E-state index in [1.807, 2.05) is 0 Å². The number of nitrogens with two attached hydrogens (primary N) is 1. The standard InChI is InChI=1S/C11H22N2O3S/c1-17(15,16)7-6-13-11(14)10-4-2-9(8-12)3-5-10/h9-10H,2-8,12H2,1H3,(H,13,14). The first-order chi connectivity index (χ1) is 7.92. The molecule has 1 saturated carbocycles. The van der Waals surface area contributed by atoms with E-state index in [1.54, 1.807) is 0 Å². The number of carbonyl (C=O) groups is 1. The van der Waals surface area contributed by atoms with Crippen LogP contribution in [0.25, 0.3) is 0 Å². The van der Waals surface area contributed by atoms with Crippen LogP contribution >= 0.6 is 0 Å². The summed E-state index contributed by atoms with van der Waals surface area (Å²) in [7, 11) is -2.99. The molecular formula is C11H22N2O3S. The van der Waals surface area contributed by atoms with Gasteiger partial charge in [-0.25, -0.2) is 8.42 Å². The molecule has 3 N–H and O–H groups in total. The summed E-state index contributed by atoms with van der Waals surface area (Å²) >= 11 is 0. The van der Waals surface area contributed by atoms with Gasteiger partial charge in [-0.15, -0.1) is 0 Å². The number of carbonyl (C=O) groups excluding carboxylic acids is 1. The van der Waals surface area contributed by atoms with E-state index in [0.29, 0.717) is 12.5 Å². The third-order valence-electron chi connectivity index (χ3n) is 3.32. The predicted molar refractivity (Wildman–Crippen MR) is 67.2 cm³/mol. The van der Waals surface area contributed by atoms with E-state index in [-0.39, 0.29) is 24.1 Å². The zero-order valence-electron chi connectivity index (χ0n) is 10.3. The van der Waals surface area contributed by atoms with Gasteiger partial charge in [0.2, 0.25) is 5.91 Å². The maximum absolute atomic E-state index is 11.7. The number of rotatable bonds is 5. The lowest BCUT2D eigenvalue weighted by Gasteiger charge is -2.26. The Labute approximate surface area is 103 Å². The largest absolute Gasteiger partial charge is 0.355 e. The van der Waals surface area contributed by atoms with Gasteiger partial charge in [0.1, 0.15) is 9.84 Å². The highest BCUT2D eigenvalue weighted by Gasteiger charge is 2.25. The lowest BCUT2D eigenvalue weighted by molar-refractivity contribution is -0.126. The molecule has 0 radical (unpaired) electrons. The Bertz CT molecular complexity index is 346. The van der Waals surface area contributed by atoms with Crippen LogP contribution in [-0.2, 0) is 14.6 Å². The first-order valence-electron chi connectivity index (χ1n) is 6.08. The molecule has 0 aromatic carbocycles. The predicted octanol–water partition coefficient (Wildman–Crippen LogP) is -0.0877. The van der Waals surface area contributed by atoms with E-state index in [2.05, 4.69) is 5.32 Å². The lowest BCUT2D eigenvalue weighted by Crippen LogP contribution is -2.36. The molecule has 0 unspecified atom stereocenters. The van der Waals surface area contributed by atoms with Crippen LogP contribution in [0.1, 0.15) is 25.7 Å². The summed E-state index contributed by atoms with van der Waals surface area (Å²) < 4.78 is 21.8. The molecule has 6 heteroatoms. The van der Waals surface area contributed by atoms with Gasteiger partial charge >= 0.3 is 0 Å². The van der Waals surface area contributed by atoms with Crippen LogP contribution in [0.5, 0.6) is 0 Å².